The summed E-state index contributed by atoms with van der Waals surface area (Å²) in [7, 11) is 0. The Labute approximate surface area is 176 Å². The Balaban J connectivity index is 3.31. The standard InChI is InChI=1S/C16H20F6N2O8/c1-3-31-13(29)5(9(25)15(17,18)19)7-11(27)24-8(12(28)23-7)6(14(30)32-4-2)10(26)16(20,21)22/h5-10,25-26H,3-4H2,1-2H3,(H,23,28)(H,24,27)/t5-,6?,7+,8?,9+,10?/m0/s1. The maximum atomic E-state index is 13.0. The van der Waals surface area contributed by atoms with Gasteiger partial charge in [0, 0.05) is 0 Å². The van der Waals surface area contributed by atoms with E-state index in [1.807, 2.05) is 0 Å². The van der Waals surface area contributed by atoms with Crippen LogP contribution in [0.5, 0.6) is 0 Å². The SMILES string of the molecule is CCOC(=O)C(C1NC(=O)[C@@H]([C@H](C(=O)OCC)[C@@H](O)C(F)(F)F)NC1=O)C(O)C(F)(F)F. The van der Waals surface area contributed by atoms with Crippen molar-refractivity contribution >= 4 is 23.8 Å². The second kappa shape index (κ2) is 10.3. The molecule has 10 nitrogen and oxygen atoms in total. The predicted octanol–water partition coefficient (Wildman–Crippen LogP) is -0.825. The topological polar surface area (TPSA) is 151 Å². The van der Waals surface area contributed by atoms with Gasteiger partial charge in [-0.25, -0.2) is 0 Å². The number of hydrogen-bond donors (Lipinski definition) is 4. The molecular formula is C16H20F6N2O8. The fourth-order valence-electron chi connectivity index (χ4n) is 2.90. The summed E-state index contributed by atoms with van der Waals surface area (Å²) in [5.41, 5.74) is 0. The molecule has 0 aromatic heterocycles. The zero-order valence-corrected chi connectivity index (χ0v) is 16.5. The van der Waals surface area contributed by atoms with Crippen LogP contribution in [0.3, 0.4) is 0 Å². The van der Waals surface area contributed by atoms with Crippen LogP contribution in [0.2, 0.25) is 0 Å². The van der Waals surface area contributed by atoms with E-state index in [2.05, 4.69) is 9.47 Å². The molecule has 1 saturated heterocycles. The number of amides is 2. The number of nitrogens with one attached hydrogen (secondary N) is 2. The largest absolute Gasteiger partial charge is 0.466 e. The number of carbonyl (C=O) groups excluding carboxylic acids is 4. The summed E-state index contributed by atoms with van der Waals surface area (Å²) in [5.74, 6) is -12.2. The van der Waals surface area contributed by atoms with Crippen LogP contribution < -0.4 is 10.6 Å². The molecule has 1 aliphatic rings. The maximum absolute atomic E-state index is 13.0. The third-order valence-electron chi connectivity index (χ3n) is 4.35. The quantitative estimate of drug-likeness (QED) is 0.259. The number of esters is 2. The fourth-order valence-corrected chi connectivity index (χ4v) is 2.90. The molecule has 6 atom stereocenters. The number of piperazine rings is 1. The first-order chi connectivity index (χ1) is 14.6. The third-order valence-corrected chi connectivity index (χ3v) is 4.35. The fraction of sp³-hybridized carbons (Fsp3) is 0.750. The van der Waals surface area contributed by atoms with Crippen LogP contribution in [0.4, 0.5) is 26.3 Å². The summed E-state index contributed by atoms with van der Waals surface area (Å²) in [6, 6.07) is -4.83. The first-order valence-corrected chi connectivity index (χ1v) is 9.01. The Morgan fingerprint density at radius 3 is 1.31 bits per heavy atom. The van der Waals surface area contributed by atoms with Crippen LogP contribution in [0.1, 0.15) is 13.8 Å². The monoisotopic (exact) mass is 482 g/mol. The number of hydrogen-bond acceptors (Lipinski definition) is 8. The van der Waals surface area contributed by atoms with Gasteiger partial charge >= 0.3 is 24.3 Å². The molecule has 1 rings (SSSR count). The maximum Gasteiger partial charge on any atom is 0.415 e. The van der Waals surface area contributed by atoms with Crippen LogP contribution in [-0.2, 0) is 28.7 Å². The van der Waals surface area contributed by atoms with Crippen molar-refractivity contribution in [3.63, 3.8) is 0 Å². The van der Waals surface area contributed by atoms with E-state index < -0.39 is 85.4 Å². The van der Waals surface area contributed by atoms with Crippen molar-refractivity contribution < 1.29 is 65.2 Å². The van der Waals surface area contributed by atoms with Crippen molar-refractivity contribution in [1.82, 2.24) is 10.6 Å². The Morgan fingerprint density at radius 1 is 0.812 bits per heavy atom. The van der Waals surface area contributed by atoms with Gasteiger partial charge in [-0.2, -0.15) is 26.3 Å². The lowest BCUT2D eigenvalue weighted by atomic mass is 9.86. The normalized spacial score (nSPS) is 23.3. The van der Waals surface area contributed by atoms with Crippen LogP contribution >= 0.6 is 0 Å². The van der Waals surface area contributed by atoms with E-state index in [4.69, 9.17) is 0 Å². The van der Waals surface area contributed by atoms with Gasteiger partial charge in [-0.1, -0.05) is 0 Å². The molecular weight excluding hydrogens is 462 g/mol. The highest BCUT2D eigenvalue weighted by molar-refractivity contribution is 6.01. The lowest BCUT2D eigenvalue weighted by Gasteiger charge is -2.38. The van der Waals surface area contributed by atoms with E-state index in [9.17, 15) is 55.7 Å². The molecule has 0 spiro atoms. The van der Waals surface area contributed by atoms with Gasteiger partial charge in [-0.05, 0) is 13.8 Å². The summed E-state index contributed by atoms with van der Waals surface area (Å²) in [5, 5.41) is 22.2. The van der Waals surface area contributed by atoms with Gasteiger partial charge in [0.05, 0.1) is 13.2 Å². The minimum atomic E-state index is -5.45. The van der Waals surface area contributed by atoms with Crippen LogP contribution in [0.15, 0.2) is 0 Å². The minimum Gasteiger partial charge on any atom is -0.466 e. The average Bonchev–Trinajstić information content (AvgIpc) is 2.64. The van der Waals surface area contributed by atoms with E-state index in [1.54, 1.807) is 10.6 Å². The van der Waals surface area contributed by atoms with E-state index in [0.717, 1.165) is 0 Å². The highest BCUT2D eigenvalue weighted by Crippen LogP contribution is 2.32. The molecule has 0 bridgehead atoms. The first kappa shape index (κ1) is 27.4. The summed E-state index contributed by atoms with van der Waals surface area (Å²) < 4.78 is 86.7. The predicted molar refractivity (Wildman–Crippen MR) is 88.2 cm³/mol. The second-order valence-corrected chi connectivity index (χ2v) is 6.50. The Morgan fingerprint density at radius 2 is 1.09 bits per heavy atom. The van der Waals surface area contributed by atoms with Crippen molar-refractivity contribution in [1.29, 1.82) is 0 Å². The van der Waals surface area contributed by atoms with Crippen molar-refractivity contribution in [2.75, 3.05) is 13.2 Å². The van der Waals surface area contributed by atoms with Gasteiger partial charge in [-0.15, -0.1) is 0 Å². The molecule has 1 fully saturated rings. The van der Waals surface area contributed by atoms with Gasteiger partial charge in [0.25, 0.3) is 0 Å². The molecule has 0 aromatic rings. The van der Waals surface area contributed by atoms with E-state index in [1.165, 1.54) is 13.8 Å². The van der Waals surface area contributed by atoms with Gasteiger partial charge in [-0.3, -0.25) is 19.2 Å². The van der Waals surface area contributed by atoms with Gasteiger partial charge in [0.1, 0.15) is 23.9 Å². The molecule has 3 unspecified atom stereocenters. The van der Waals surface area contributed by atoms with E-state index in [-0.39, 0.29) is 0 Å². The van der Waals surface area contributed by atoms with Crippen molar-refractivity contribution in [3.8, 4) is 0 Å². The molecule has 4 N–H and O–H groups in total. The Bertz CT molecular complexity index is 668. The molecule has 184 valence electrons. The molecule has 2 amide bonds. The second-order valence-electron chi connectivity index (χ2n) is 6.50. The summed E-state index contributed by atoms with van der Waals surface area (Å²) in [6.07, 6.45) is -17.9. The van der Waals surface area contributed by atoms with Crippen molar-refractivity contribution in [3.05, 3.63) is 0 Å². The molecule has 1 heterocycles. The van der Waals surface area contributed by atoms with E-state index >= 15 is 0 Å². The van der Waals surface area contributed by atoms with Gasteiger partial charge in [0.2, 0.25) is 11.8 Å². The molecule has 0 aliphatic carbocycles. The smallest absolute Gasteiger partial charge is 0.415 e. The molecule has 0 aromatic carbocycles. The number of alkyl halides is 6. The lowest BCUT2D eigenvalue weighted by molar-refractivity contribution is -0.230. The Hall–Kier alpha value is -2.62. The average molecular weight is 482 g/mol. The minimum absolute atomic E-state index is 0.465. The van der Waals surface area contributed by atoms with Crippen molar-refractivity contribution in [2.45, 2.75) is 50.5 Å². The zero-order valence-electron chi connectivity index (χ0n) is 16.5. The molecule has 1 aliphatic heterocycles. The summed E-state index contributed by atoms with van der Waals surface area (Å²) in [4.78, 5) is 48.6. The summed E-state index contributed by atoms with van der Waals surface area (Å²) >= 11 is 0. The number of rotatable bonds is 8. The van der Waals surface area contributed by atoms with Crippen molar-refractivity contribution in [2.24, 2.45) is 11.8 Å². The van der Waals surface area contributed by atoms with Crippen LogP contribution in [0, 0.1) is 11.8 Å². The highest BCUT2D eigenvalue weighted by Gasteiger charge is 2.58. The zero-order chi connectivity index (χ0) is 25.0. The van der Waals surface area contributed by atoms with Gasteiger partial charge in [0.15, 0.2) is 12.2 Å². The number of aliphatic hydroxyl groups excluding tert-OH is 2. The number of ether oxygens (including phenoxy) is 2. The Kier molecular flexibility index (Phi) is 8.85. The lowest BCUT2D eigenvalue weighted by Crippen LogP contribution is -2.70. The molecule has 16 heteroatoms. The number of aliphatic hydroxyl groups is 2. The highest BCUT2D eigenvalue weighted by atomic mass is 19.4. The summed E-state index contributed by atoms with van der Waals surface area (Å²) in [6.45, 7) is 1.47. The first-order valence-electron chi connectivity index (χ1n) is 9.01. The molecule has 32 heavy (non-hydrogen) atoms. The number of carbonyl (C=O) groups is 4. The van der Waals surface area contributed by atoms with E-state index in [0.29, 0.717) is 0 Å². The molecule has 0 radical (unpaired) electrons. The third kappa shape index (κ3) is 6.21. The molecule has 0 saturated carbocycles. The van der Waals surface area contributed by atoms with Gasteiger partial charge < -0.3 is 30.3 Å². The number of halogens is 6. The van der Waals surface area contributed by atoms with Crippen LogP contribution in [-0.4, -0.2) is 83.8 Å². The van der Waals surface area contributed by atoms with Crippen LogP contribution in [0.25, 0.3) is 0 Å².